The Kier molecular flexibility index (Phi) is 2.21. The molecule has 0 N–H and O–H groups in total. The van der Waals surface area contributed by atoms with Crippen LogP contribution >= 0.6 is 0 Å². The van der Waals surface area contributed by atoms with E-state index >= 15 is 0 Å². The Morgan fingerprint density at radius 1 is 1.28 bits per heavy atom. The van der Waals surface area contributed by atoms with Gasteiger partial charge in [0.1, 0.15) is 5.82 Å². The fourth-order valence-corrected chi connectivity index (χ4v) is 2.75. The normalized spacial score (nSPS) is 17.4. The lowest BCUT2D eigenvalue weighted by Crippen LogP contribution is -2.31. The number of aromatic nitrogens is 2. The van der Waals surface area contributed by atoms with E-state index < -0.39 is 0 Å². The van der Waals surface area contributed by atoms with Gasteiger partial charge in [0, 0.05) is 12.1 Å². The molecule has 0 saturated heterocycles. The second-order valence-corrected chi connectivity index (χ2v) is 5.64. The highest BCUT2D eigenvalue weighted by molar-refractivity contribution is 5.78. The number of fused-ring (bicyclic) bond motifs is 2. The van der Waals surface area contributed by atoms with Crippen molar-refractivity contribution in [2.75, 3.05) is 0 Å². The molecule has 0 fully saturated rings. The summed E-state index contributed by atoms with van der Waals surface area (Å²) in [6, 6.07) is 7.54. The summed E-state index contributed by atoms with van der Waals surface area (Å²) in [5, 5.41) is 0.689. The predicted molar refractivity (Wildman–Crippen MR) is 73.4 cm³/mol. The van der Waals surface area contributed by atoms with E-state index in [1.807, 2.05) is 31.2 Å². The number of benzene rings is 1. The first-order valence-corrected chi connectivity index (χ1v) is 6.18. The topological polar surface area (TPSA) is 34.9 Å². The van der Waals surface area contributed by atoms with Crippen molar-refractivity contribution in [2.45, 2.75) is 27.2 Å². The molecule has 1 aliphatic heterocycles. The number of nitrogens with zero attached hydrogens (tertiary/aromatic N) is 2. The van der Waals surface area contributed by atoms with Crippen LogP contribution in [0.25, 0.3) is 16.6 Å². The second-order valence-electron chi connectivity index (χ2n) is 5.64. The van der Waals surface area contributed by atoms with E-state index in [-0.39, 0.29) is 11.0 Å². The molecule has 3 rings (SSSR count). The lowest BCUT2D eigenvalue weighted by Gasteiger charge is -2.28. The van der Waals surface area contributed by atoms with Gasteiger partial charge in [-0.25, -0.2) is 4.98 Å². The van der Waals surface area contributed by atoms with E-state index in [4.69, 9.17) is 0 Å². The number of para-hydroxylation sites is 1. The highest BCUT2D eigenvalue weighted by atomic mass is 16.1. The third kappa shape index (κ3) is 1.58. The summed E-state index contributed by atoms with van der Waals surface area (Å²) < 4.78 is 1.74. The van der Waals surface area contributed by atoms with E-state index in [1.54, 1.807) is 4.57 Å². The van der Waals surface area contributed by atoms with Gasteiger partial charge in [0.25, 0.3) is 5.56 Å². The zero-order valence-corrected chi connectivity index (χ0v) is 10.9. The minimum absolute atomic E-state index is 0.0415. The van der Waals surface area contributed by atoms with Crippen molar-refractivity contribution < 1.29 is 0 Å². The highest BCUT2D eigenvalue weighted by Crippen LogP contribution is 2.30. The molecule has 1 aromatic carbocycles. The molecule has 3 heteroatoms. The maximum absolute atomic E-state index is 12.5. The standard InChI is InChI=1S/C15H16N2O/c1-10-8-15(2,3)9-13-16-12-7-5-4-6-11(12)14(18)17(10)13/h4-8H,9H2,1-3H3. The lowest BCUT2D eigenvalue weighted by atomic mass is 9.85. The Hall–Kier alpha value is -1.90. The van der Waals surface area contributed by atoms with E-state index in [9.17, 15) is 4.79 Å². The molecule has 18 heavy (non-hydrogen) atoms. The van der Waals surface area contributed by atoms with Crippen molar-refractivity contribution in [2.24, 2.45) is 5.41 Å². The van der Waals surface area contributed by atoms with Gasteiger partial charge in [0.15, 0.2) is 0 Å². The quantitative estimate of drug-likeness (QED) is 0.709. The Balaban J connectivity index is 2.41. The third-order valence-electron chi connectivity index (χ3n) is 3.41. The van der Waals surface area contributed by atoms with Crippen molar-refractivity contribution in [1.29, 1.82) is 0 Å². The maximum atomic E-state index is 12.5. The minimum atomic E-state index is 0.0415. The fourth-order valence-electron chi connectivity index (χ4n) is 2.75. The van der Waals surface area contributed by atoms with E-state index in [2.05, 4.69) is 24.9 Å². The van der Waals surface area contributed by atoms with Crippen LogP contribution in [-0.4, -0.2) is 9.55 Å². The van der Waals surface area contributed by atoms with E-state index in [0.717, 1.165) is 23.5 Å². The molecular formula is C15H16N2O. The van der Waals surface area contributed by atoms with Gasteiger partial charge >= 0.3 is 0 Å². The molecule has 0 aliphatic carbocycles. The Labute approximate surface area is 106 Å². The molecule has 0 radical (unpaired) electrons. The highest BCUT2D eigenvalue weighted by Gasteiger charge is 2.26. The van der Waals surface area contributed by atoms with Gasteiger partial charge < -0.3 is 0 Å². The lowest BCUT2D eigenvalue weighted by molar-refractivity contribution is 0.443. The summed E-state index contributed by atoms with van der Waals surface area (Å²) in [5.41, 5.74) is 1.87. The smallest absolute Gasteiger partial charge is 0.265 e. The van der Waals surface area contributed by atoms with Crippen molar-refractivity contribution >= 4 is 16.6 Å². The zero-order valence-electron chi connectivity index (χ0n) is 10.9. The fraction of sp³-hybridized carbons (Fsp3) is 0.333. The first-order valence-electron chi connectivity index (χ1n) is 6.18. The third-order valence-corrected chi connectivity index (χ3v) is 3.41. The van der Waals surface area contributed by atoms with Crippen molar-refractivity contribution in [3.8, 4) is 0 Å². The van der Waals surface area contributed by atoms with Crippen molar-refractivity contribution in [3.63, 3.8) is 0 Å². The molecule has 1 aliphatic rings. The number of allylic oxidation sites excluding steroid dienone is 2. The molecular weight excluding hydrogens is 224 g/mol. The van der Waals surface area contributed by atoms with Crippen LogP contribution in [0.2, 0.25) is 0 Å². The molecule has 0 spiro atoms. The minimum Gasteiger partial charge on any atom is -0.269 e. The van der Waals surface area contributed by atoms with Crippen LogP contribution in [0.1, 0.15) is 26.6 Å². The summed E-state index contributed by atoms with van der Waals surface area (Å²) in [4.78, 5) is 17.1. The van der Waals surface area contributed by atoms with Gasteiger partial charge in [-0.05, 0) is 24.5 Å². The first kappa shape index (κ1) is 11.2. The average molecular weight is 240 g/mol. The van der Waals surface area contributed by atoms with Crippen LogP contribution in [0.3, 0.4) is 0 Å². The zero-order chi connectivity index (χ0) is 12.9. The van der Waals surface area contributed by atoms with E-state index in [0.29, 0.717) is 5.39 Å². The largest absolute Gasteiger partial charge is 0.269 e. The monoisotopic (exact) mass is 240 g/mol. The summed E-state index contributed by atoms with van der Waals surface area (Å²) >= 11 is 0. The molecule has 0 amide bonds. The van der Waals surface area contributed by atoms with E-state index in [1.165, 1.54) is 0 Å². The van der Waals surface area contributed by atoms with Crippen LogP contribution in [0.4, 0.5) is 0 Å². The molecule has 0 bridgehead atoms. The first-order chi connectivity index (χ1) is 8.48. The summed E-state index contributed by atoms with van der Waals surface area (Å²) in [6.07, 6.45) is 2.95. The SMILES string of the molecule is CC1=CC(C)(C)Cc2nc3ccccc3c(=O)n21. The van der Waals surface area contributed by atoms with Crippen LogP contribution in [0.5, 0.6) is 0 Å². The molecule has 0 atom stereocenters. The van der Waals surface area contributed by atoms with Crippen molar-refractivity contribution in [1.82, 2.24) is 9.55 Å². The van der Waals surface area contributed by atoms with Crippen molar-refractivity contribution in [3.05, 3.63) is 46.5 Å². The van der Waals surface area contributed by atoms with Gasteiger partial charge in [0.05, 0.1) is 10.9 Å². The molecule has 2 heterocycles. The Morgan fingerprint density at radius 3 is 2.78 bits per heavy atom. The molecule has 0 unspecified atom stereocenters. The summed E-state index contributed by atoms with van der Waals surface area (Å²) in [5.74, 6) is 0.865. The second kappa shape index (κ2) is 3.55. The molecule has 1 aromatic heterocycles. The van der Waals surface area contributed by atoms with Crippen LogP contribution < -0.4 is 5.56 Å². The van der Waals surface area contributed by atoms with Gasteiger partial charge in [-0.2, -0.15) is 0 Å². The van der Waals surface area contributed by atoms with Crippen LogP contribution in [0, 0.1) is 5.41 Å². The van der Waals surface area contributed by atoms with Gasteiger partial charge in [-0.1, -0.05) is 32.1 Å². The number of hydrogen-bond acceptors (Lipinski definition) is 2. The molecule has 0 saturated carbocycles. The average Bonchev–Trinajstić information content (AvgIpc) is 2.26. The van der Waals surface area contributed by atoms with Gasteiger partial charge in [0.2, 0.25) is 0 Å². The predicted octanol–water partition coefficient (Wildman–Crippen LogP) is 2.84. The maximum Gasteiger partial charge on any atom is 0.265 e. The van der Waals surface area contributed by atoms with Gasteiger partial charge in [-0.15, -0.1) is 0 Å². The molecule has 92 valence electrons. The number of hydrogen-bond donors (Lipinski definition) is 0. The Bertz CT molecular complexity index is 723. The molecule has 2 aromatic rings. The number of rotatable bonds is 0. The van der Waals surface area contributed by atoms with Crippen LogP contribution in [-0.2, 0) is 6.42 Å². The summed E-state index contributed by atoms with van der Waals surface area (Å²) in [7, 11) is 0. The van der Waals surface area contributed by atoms with Gasteiger partial charge in [-0.3, -0.25) is 9.36 Å². The summed E-state index contributed by atoms with van der Waals surface area (Å²) in [6.45, 7) is 6.31. The molecule has 3 nitrogen and oxygen atoms in total. The Morgan fingerprint density at radius 2 is 2.00 bits per heavy atom. The van der Waals surface area contributed by atoms with Crippen LogP contribution in [0.15, 0.2) is 35.1 Å².